The highest BCUT2D eigenvalue weighted by molar-refractivity contribution is 5.97. The summed E-state index contributed by atoms with van der Waals surface area (Å²) in [5.74, 6) is 0.762. The molecule has 1 aliphatic rings. The van der Waals surface area contributed by atoms with Crippen LogP contribution in [0.3, 0.4) is 0 Å². The lowest BCUT2D eigenvalue weighted by Gasteiger charge is -2.40. The van der Waals surface area contributed by atoms with Crippen molar-refractivity contribution in [2.75, 3.05) is 13.1 Å². The quantitative estimate of drug-likeness (QED) is 0.747. The molecule has 0 spiro atoms. The monoisotopic (exact) mass is 364 g/mol. The molecule has 0 radical (unpaired) electrons. The number of benzene rings is 1. The lowest BCUT2D eigenvalue weighted by atomic mass is 9.81. The number of nitrogens with zero attached hydrogens (tertiary/aromatic N) is 3. The zero-order valence-electron chi connectivity index (χ0n) is 15.6. The van der Waals surface area contributed by atoms with Crippen LogP contribution in [0.2, 0.25) is 0 Å². The van der Waals surface area contributed by atoms with Crippen molar-refractivity contribution in [2.45, 2.75) is 32.3 Å². The van der Waals surface area contributed by atoms with Crippen molar-refractivity contribution < 1.29 is 9.90 Å². The Balaban J connectivity index is 1.55. The molecule has 1 fully saturated rings. The minimum absolute atomic E-state index is 0.0555. The maximum Gasteiger partial charge on any atom is 0.270 e. The molecule has 1 saturated heterocycles. The van der Waals surface area contributed by atoms with Gasteiger partial charge in [0.15, 0.2) is 5.82 Å². The van der Waals surface area contributed by atoms with E-state index in [1.165, 1.54) is 0 Å². The number of hydrogen-bond donors (Lipinski definition) is 2. The third kappa shape index (κ3) is 3.32. The first-order valence-electron chi connectivity index (χ1n) is 9.39. The summed E-state index contributed by atoms with van der Waals surface area (Å²) in [5, 5.41) is 11.4. The molecular formula is C21H24N4O2. The number of carbonyl (C=O) groups excluding carboxylic acids is 1. The first-order valence-corrected chi connectivity index (χ1v) is 9.39. The second-order valence-electron chi connectivity index (χ2n) is 7.60. The molecule has 6 nitrogen and oxygen atoms in total. The van der Waals surface area contributed by atoms with Gasteiger partial charge in [0.25, 0.3) is 5.91 Å². The van der Waals surface area contributed by atoms with Crippen LogP contribution in [0.5, 0.6) is 0 Å². The summed E-state index contributed by atoms with van der Waals surface area (Å²) < 4.78 is 0. The highest BCUT2D eigenvalue weighted by atomic mass is 16.3. The lowest BCUT2D eigenvalue weighted by Crippen LogP contribution is -2.49. The van der Waals surface area contributed by atoms with E-state index in [4.69, 9.17) is 0 Å². The molecule has 2 aromatic heterocycles. The molecule has 4 rings (SSSR count). The lowest BCUT2D eigenvalue weighted by molar-refractivity contribution is -0.0512. The molecule has 1 aliphatic heterocycles. The Hall–Kier alpha value is -2.73. The van der Waals surface area contributed by atoms with Gasteiger partial charge in [-0.3, -0.25) is 4.79 Å². The van der Waals surface area contributed by atoms with E-state index in [1.807, 2.05) is 44.2 Å². The van der Waals surface area contributed by atoms with E-state index in [-0.39, 0.29) is 11.8 Å². The van der Waals surface area contributed by atoms with E-state index in [0.29, 0.717) is 43.1 Å². The minimum Gasteiger partial charge on any atom is -0.389 e. The Bertz CT molecular complexity index is 957. The number of H-pyrrole nitrogens is 1. The minimum atomic E-state index is -0.673. The van der Waals surface area contributed by atoms with Crippen LogP contribution in [0, 0.1) is 5.92 Å². The third-order valence-corrected chi connectivity index (χ3v) is 5.62. The summed E-state index contributed by atoms with van der Waals surface area (Å²) in [7, 11) is 0. The highest BCUT2D eigenvalue weighted by Gasteiger charge is 2.36. The Labute approximate surface area is 158 Å². The van der Waals surface area contributed by atoms with Crippen LogP contribution < -0.4 is 0 Å². The van der Waals surface area contributed by atoms with Crippen LogP contribution in [0.15, 0.2) is 42.6 Å². The summed E-state index contributed by atoms with van der Waals surface area (Å²) in [6.07, 6.45) is 2.95. The number of rotatable bonds is 3. The molecule has 1 aromatic carbocycles. The summed E-state index contributed by atoms with van der Waals surface area (Å²) in [6.45, 7) is 5.17. The molecule has 1 amide bonds. The SMILES string of the molecule is CC(C)C1(O)CCN(C(=O)c2cc3cnc(-c4ccccc4)nc3[nH]2)CC1. The molecule has 3 aromatic rings. The van der Waals surface area contributed by atoms with Crippen molar-refractivity contribution in [3.8, 4) is 11.4 Å². The average Bonchev–Trinajstić information content (AvgIpc) is 3.12. The van der Waals surface area contributed by atoms with Crippen LogP contribution in [0.4, 0.5) is 0 Å². The molecule has 0 bridgehead atoms. The van der Waals surface area contributed by atoms with Crippen molar-refractivity contribution in [3.05, 3.63) is 48.3 Å². The van der Waals surface area contributed by atoms with Gasteiger partial charge in [0.2, 0.25) is 0 Å². The number of aromatic nitrogens is 3. The van der Waals surface area contributed by atoms with Crippen LogP contribution in [0.1, 0.15) is 37.2 Å². The zero-order chi connectivity index (χ0) is 19.0. The third-order valence-electron chi connectivity index (χ3n) is 5.62. The Morgan fingerprint density at radius 1 is 1.22 bits per heavy atom. The first kappa shape index (κ1) is 17.7. The molecule has 3 heterocycles. The number of nitrogens with one attached hydrogen (secondary N) is 1. The highest BCUT2D eigenvalue weighted by Crippen LogP contribution is 2.30. The smallest absolute Gasteiger partial charge is 0.270 e. The fraction of sp³-hybridized carbons (Fsp3) is 0.381. The number of likely N-dealkylation sites (tertiary alicyclic amines) is 1. The fourth-order valence-electron chi connectivity index (χ4n) is 3.60. The van der Waals surface area contributed by atoms with Gasteiger partial charge in [0.1, 0.15) is 11.3 Å². The number of amides is 1. The summed E-state index contributed by atoms with van der Waals surface area (Å²) in [5.41, 5.74) is 1.43. The van der Waals surface area contributed by atoms with Gasteiger partial charge >= 0.3 is 0 Å². The molecule has 0 saturated carbocycles. The fourth-order valence-corrected chi connectivity index (χ4v) is 3.60. The predicted molar refractivity (Wildman–Crippen MR) is 104 cm³/mol. The maximum absolute atomic E-state index is 12.9. The van der Waals surface area contributed by atoms with E-state index in [1.54, 1.807) is 17.2 Å². The van der Waals surface area contributed by atoms with E-state index in [2.05, 4.69) is 15.0 Å². The number of piperidine rings is 1. The number of carbonyl (C=O) groups is 1. The van der Waals surface area contributed by atoms with Crippen molar-refractivity contribution in [2.24, 2.45) is 5.92 Å². The van der Waals surface area contributed by atoms with Crippen molar-refractivity contribution in [3.63, 3.8) is 0 Å². The van der Waals surface area contributed by atoms with Gasteiger partial charge in [0.05, 0.1) is 5.60 Å². The number of aromatic amines is 1. The summed E-state index contributed by atoms with van der Waals surface area (Å²) in [4.78, 5) is 26.8. The Morgan fingerprint density at radius 3 is 2.59 bits per heavy atom. The van der Waals surface area contributed by atoms with Crippen molar-refractivity contribution >= 4 is 16.9 Å². The standard InChI is InChI=1S/C21H24N4O2/c1-14(2)21(27)8-10-25(11-9-21)20(26)17-12-16-13-22-18(24-19(16)23-17)15-6-4-3-5-7-15/h3-7,12-14,27H,8-11H2,1-2H3,(H,22,23,24). The topological polar surface area (TPSA) is 82.1 Å². The average molecular weight is 364 g/mol. The summed E-state index contributed by atoms with van der Waals surface area (Å²) >= 11 is 0. The molecule has 0 aliphatic carbocycles. The van der Waals surface area contributed by atoms with Gasteiger partial charge in [-0.1, -0.05) is 44.2 Å². The van der Waals surface area contributed by atoms with E-state index in [0.717, 1.165) is 10.9 Å². The number of hydrogen-bond acceptors (Lipinski definition) is 4. The van der Waals surface area contributed by atoms with Gasteiger partial charge in [-0.2, -0.15) is 0 Å². The van der Waals surface area contributed by atoms with E-state index in [9.17, 15) is 9.90 Å². The van der Waals surface area contributed by atoms with Crippen LogP contribution >= 0.6 is 0 Å². The normalized spacial score (nSPS) is 16.8. The predicted octanol–water partition coefficient (Wildman–Crippen LogP) is 3.25. The molecule has 0 atom stereocenters. The van der Waals surface area contributed by atoms with Gasteiger partial charge in [-0.05, 0) is 24.8 Å². The largest absolute Gasteiger partial charge is 0.389 e. The second kappa shape index (κ2) is 6.78. The zero-order valence-corrected chi connectivity index (χ0v) is 15.6. The maximum atomic E-state index is 12.9. The molecule has 0 unspecified atom stereocenters. The van der Waals surface area contributed by atoms with Crippen LogP contribution in [-0.2, 0) is 0 Å². The van der Waals surface area contributed by atoms with Crippen LogP contribution in [-0.4, -0.2) is 49.6 Å². The second-order valence-corrected chi connectivity index (χ2v) is 7.60. The summed E-state index contributed by atoms with van der Waals surface area (Å²) in [6, 6.07) is 11.6. The number of fused-ring (bicyclic) bond motifs is 1. The van der Waals surface area contributed by atoms with Crippen molar-refractivity contribution in [1.29, 1.82) is 0 Å². The molecular weight excluding hydrogens is 340 g/mol. The Kier molecular flexibility index (Phi) is 4.44. The van der Waals surface area contributed by atoms with Gasteiger partial charge in [0, 0.05) is 30.2 Å². The first-order chi connectivity index (χ1) is 13.0. The number of aliphatic hydroxyl groups is 1. The molecule has 140 valence electrons. The molecule has 6 heteroatoms. The Morgan fingerprint density at radius 2 is 1.93 bits per heavy atom. The van der Waals surface area contributed by atoms with E-state index < -0.39 is 5.60 Å². The van der Waals surface area contributed by atoms with Crippen LogP contribution in [0.25, 0.3) is 22.4 Å². The van der Waals surface area contributed by atoms with Gasteiger partial charge in [-0.25, -0.2) is 9.97 Å². The van der Waals surface area contributed by atoms with Gasteiger partial charge in [-0.15, -0.1) is 0 Å². The van der Waals surface area contributed by atoms with Crippen molar-refractivity contribution in [1.82, 2.24) is 19.9 Å². The molecule has 27 heavy (non-hydrogen) atoms. The van der Waals surface area contributed by atoms with E-state index >= 15 is 0 Å². The molecule has 2 N–H and O–H groups in total. The van der Waals surface area contributed by atoms with Gasteiger partial charge < -0.3 is 15.0 Å².